The van der Waals surface area contributed by atoms with E-state index < -0.39 is 16.5 Å². The molecule has 0 aliphatic carbocycles. The van der Waals surface area contributed by atoms with Crippen LogP contribution >= 0.6 is 11.3 Å². The van der Waals surface area contributed by atoms with Crippen LogP contribution in [0.4, 0.5) is 15.6 Å². The molecule has 3 amide bonds. The summed E-state index contributed by atoms with van der Waals surface area (Å²) < 4.78 is -0.719. The summed E-state index contributed by atoms with van der Waals surface area (Å²) in [6, 6.07) is 21.6. The normalized spacial score (nSPS) is 12.7. The quantitative estimate of drug-likeness (QED) is 0.300. The molecule has 0 spiro atoms. The van der Waals surface area contributed by atoms with Gasteiger partial charge in [0.15, 0.2) is 5.69 Å². The van der Waals surface area contributed by atoms with E-state index in [0.717, 1.165) is 22.3 Å². The smallest absolute Gasteiger partial charge is 0.316 e. The molecule has 1 unspecified atom stereocenters. The van der Waals surface area contributed by atoms with Gasteiger partial charge in [-0.05, 0) is 37.5 Å². The summed E-state index contributed by atoms with van der Waals surface area (Å²) in [4.78, 5) is 31.0. The number of aryl methyl sites for hydroxylation is 3. The lowest BCUT2D eigenvalue weighted by Crippen LogP contribution is -2.63. The highest BCUT2D eigenvalue weighted by atomic mass is 32.1. The first kappa shape index (κ1) is 22.4. The second-order valence-corrected chi connectivity index (χ2v) is 8.87. The van der Waals surface area contributed by atoms with Gasteiger partial charge in [0.2, 0.25) is 0 Å². The van der Waals surface area contributed by atoms with Crippen molar-refractivity contribution in [3.8, 4) is 11.3 Å². The molecule has 0 bridgehead atoms. The third kappa shape index (κ3) is 4.41. The standard InChI is InChI=1S/C26H24N4O2S/c1-17-4-10-20(11-5-17)23-16-33-26(28-23)30(25(27)32,22-14-8-19(3)9-15-22)29-24(31)21-12-6-18(2)7-13-21/h4-16H,1-3H3,(H2-,27,29,31,32)/p+1. The summed E-state index contributed by atoms with van der Waals surface area (Å²) in [7, 11) is 0. The van der Waals surface area contributed by atoms with Crippen LogP contribution in [-0.2, 0) is 0 Å². The Kier molecular flexibility index (Phi) is 6.09. The number of nitrogens with zero attached hydrogens (tertiary/aromatic N) is 2. The molecule has 4 rings (SSSR count). The van der Waals surface area contributed by atoms with Crippen molar-refractivity contribution in [2.75, 3.05) is 0 Å². The molecule has 3 N–H and O–H groups in total. The summed E-state index contributed by atoms with van der Waals surface area (Å²) in [5.41, 5.74) is 14.6. The maximum absolute atomic E-state index is 13.2. The van der Waals surface area contributed by atoms with Crippen LogP contribution in [0.1, 0.15) is 27.0 Å². The molecule has 0 saturated heterocycles. The third-order valence-electron chi connectivity index (χ3n) is 5.46. The van der Waals surface area contributed by atoms with E-state index in [1.807, 2.05) is 74.7 Å². The van der Waals surface area contributed by atoms with Crippen molar-refractivity contribution in [1.82, 2.24) is 15.0 Å². The molecule has 1 aromatic heterocycles. The van der Waals surface area contributed by atoms with E-state index in [9.17, 15) is 9.59 Å². The van der Waals surface area contributed by atoms with Crippen molar-refractivity contribution < 1.29 is 9.59 Å². The number of amides is 3. The number of nitrogens with two attached hydrogens (primary N) is 1. The van der Waals surface area contributed by atoms with Crippen LogP contribution in [0, 0.1) is 20.8 Å². The number of benzene rings is 3. The fourth-order valence-electron chi connectivity index (χ4n) is 3.46. The predicted molar refractivity (Wildman–Crippen MR) is 133 cm³/mol. The summed E-state index contributed by atoms with van der Waals surface area (Å²) in [5.74, 6) is -0.429. The van der Waals surface area contributed by atoms with Crippen molar-refractivity contribution in [1.29, 1.82) is 0 Å². The van der Waals surface area contributed by atoms with Crippen LogP contribution in [0.3, 0.4) is 0 Å². The van der Waals surface area contributed by atoms with E-state index in [2.05, 4.69) is 5.43 Å². The number of hydrogen-bond acceptors (Lipinski definition) is 4. The Balaban J connectivity index is 1.84. The molecule has 0 saturated carbocycles. The van der Waals surface area contributed by atoms with Crippen LogP contribution in [0.15, 0.2) is 78.2 Å². The van der Waals surface area contributed by atoms with Gasteiger partial charge >= 0.3 is 11.2 Å². The highest BCUT2D eigenvalue weighted by Crippen LogP contribution is 2.37. The fourth-order valence-corrected chi connectivity index (χ4v) is 4.42. The largest absolute Gasteiger partial charge is 0.451 e. The molecule has 4 aromatic rings. The molecule has 0 radical (unpaired) electrons. The zero-order valence-electron chi connectivity index (χ0n) is 18.7. The van der Waals surface area contributed by atoms with Gasteiger partial charge in [0, 0.05) is 28.6 Å². The maximum Gasteiger partial charge on any atom is 0.451 e. The van der Waals surface area contributed by atoms with Crippen LogP contribution in [0.25, 0.3) is 11.3 Å². The predicted octanol–water partition coefficient (Wildman–Crippen LogP) is 5.80. The average Bonchev–Trinajstić information content (AvgIpc) is 3.29. The Bertz CT molecular complexity index is 1300. The van der Waals surface area contributed by atoms with Gasteiger partial charge in [-0.3, -0.25) is 4.79 Å². The molecular weight excluding hydrogens is 432 g/mol. The van der Waals surface area contributed by atoms with E-state index in [4.69, 9.17) is 10.7 Å². The Labute approximate surface area is 196 Å². The van der Waals surface area contributed by atoms with Crippen molar-refractivity contribution in [2.24, 2.45) is 5.73 Å². The Morgan fingerprint density at radius 2 is 1.33 bits per heavy atom. The van der Waals surface area contributed by atoms with E-state index in [1.54, 1.807) is 24.3 Å². The number of quaternary nitrogens is 1. The average molecular weight is 458 g/mol. The third-order valence-corrected chi connectivity index (χ3v) is 6.38. The van der Waals surface area contributed by atoms with E-state index in [1.165, 1.54) is 11.3 Å². The SMILES string of the molecule is Cc1ccc(C(=O)N[N+](C(N)=O)(c2ccc(C)cc2)c2nc(-c3ccc(C)cc3)cs2)cc1. The summed E-state index contributed by atoms with van der Waals surface area (Å²) in [6.07, 6.45) is 0. The highest BCUT2D eigenvalue weighted by molar-refractivity contribution is 7.14. The second-order valence-electron chi connectivity index (χ2n) is 8.03. The van der Waals surface area contributed by atoms with E-state index in [0.29, 0.717) is 22.1 Å². The summed E-state index contributed by atoms with van der Waals surface area (Å²) in [5, 5.41) is 2.21. The summed E-state index contributed by atoms with van der Waals surface area (Å²) >= 11 is 1.27. The number of primary amides is 1. The number of nitrogens with one attached hydrogen (secondary N) is 1. The number of carbonyl (C=O) groups is 2. The maximum atomic E-state index is 13.2. The highest BCUT2D eigenvalue weighted by Gasteiger charge is 2.46. The van der Waals surface area contributed by atoms with Crippen LogP contribution in [0.2, 0.25) is 0 Å². The number of thiazole rings is 1. The topological polar surface area (TPSA) is 85.1 Å². The lowest BCUT2D eigenvalue weighted by atomic mass is 10.1. The fraction of sp³-hybridized carbons (Fsp3) is 0.115. The van der Waals surface area contributed by atoms with Gasteiger partial charge in [-0.1, -0.05) is 76.6 Å². The van der Waals surface area contributed by atoms with Gasteiger partial charge < -0.3 is 5.73 Å². The Morgan fingerprint density at radius 3 is 1.88 bits per heavy atom. The lowest BCUT2D eigenvalue weighted by Gasteiger charge is -2.29. The van der Waals surface area contributed by atoms with E-state index >= 15 is 0 Å². The molecule has 6 nitrogen and oxygen atoms in total. The first-order valence-corrected chi connectivity index (χ1v) is 11.4. The number of hydrogen-bond donors (Lipinski definition) is 2. The molecule has 0 fully saturated rings. The zero-order chi connectivity index (χ0) is 23.6. The Hall–Kier alpha value is -3.81. The molecule has 1 atom stereocenters. The van der Waals surface area contributed by atoms with E-state index in [-0.39, 0.29) is 0 Å². The van der Waals surface area contributed by atoms with Gasteiger partial charge in [-0.15, -0.1) is 0 Å². The van der Waals surface area contributed by atoms with Gasteiger partial charge in [0.1, 0.15) is 0 Å². The minimum absolute atomic E-state index is 0.349. The molecule has 0 aliphatic rings. The van der Waals surface area contributed by atoms with Crippen molar-refractivity contribution in [3.63, 3.8) is 0 Å². The molecule has 166 valence electrons. The number of carbonyl (C=O) groups excluding carboxylic acids is 2. The molecule has 1 heterocycles. The number of rotatable bonds is 4. The molecule has 3 aromatic carbocycles. The molecular formula is C26H25N4O2S+. The number of aromatic nitrogens is 1. The number of urea groups is 1. The van der Waals surface area contributed by atoms with Crippen molar-refractivity contribution in [2.45, 2.75) is 20.8 Å². The van der Waals surface area contributed by atoms with Crippen LogP contribution in [0.5, 0.6) is 0 Å². The van der Waals surface area contributed by atoms with Crippen LogP contribution < -0.4 is 15.8 Å². The van der Waals surface area contributed by atoms with Crippen LogP contribution in [-0.4, -0.2) is 16.9 Å². The van der Waals surface area contributed by atoms with Crippen molar-refractivity contribution >= 4 is 34.1 Å². The minimum atomic E-state index is -0.760. The minimum Gasteiger partial charge on any atom is -0.316 e. The monoisotopic (exact) mass is 457 g/mol. The lowest BCUT2D eigenvalue weighted by molar-refractivity contribution is 0.0881. The zero-order valence-corrected chi connectivity index (χ0v) is 19.5. The van der Waals surface area contributed by atoms with Gasteiger partial charge in [0.05, 0.1) is 5.69 Å². The van der Waals surface area contributed by atoms with Crippen molar-refractivity contribution in [3.05, 3.63) is 100 Å². The first-order chi connectivity index (χ1) is 15.8. The van der Waals surface area contributed by atoms with Gasteiger partial charge in [-0.2, -0.15) is 10.4 Å². The van der Waals surface area contributed by atoms with Gasteiger partial charge in [0.25, 0.3) is 5.91 Å². The second kappa shape index (κ2) is 8.97. The Morgan fingerprint density at radius 1 is 0.818 bits per heavy atom. The molecule has 7 heteroatoms. The molecule has 33 heavy (non-hydrogen) atoms. The molecule has 0 aliphatic heterocycles. The summed E-state index contributed by atoms with van der Waals surface area (Å²) in [6.45, 7) is 5.91. The van der Waals surface area contributed by atoms with Gasteiger partial charge in [-0.25, -0.2) is 4.79 Å². The first-order valence-electron chi connectivity index (χ1n) is 10.5.